The minimum Gasteiger partial charge on any atom is -0.271 e. The molecule has 0 heterocycles. The van der Waals surface area contributed by atoms with E-state index in [-0.39, 0.29) is 6.04 Å². The van der Waals surface area contributed by atoms with E-state index in [9.17, 15) is 0 Å². The number of benzene rings is 1. The second-order valence-corrected chi connectivity index (χ2v) is 5.57. The summed E-state index contributed by atoms with van der Waals surface area (Å²) in [6, 6.07) is 8.71. The van der Waals surface area contributed by atoms with Gasteiger partial charge in [-0.05, 0) is 43.6 Å². The third-order valence-corrected chi connectivity index (χ3v) is 4.38. The van der Waals surface area contributed by atoms with E-state index in [1.54, 1.807) is 11.8 Å². The van der Waals surface area contributed by atoms with Crippen molar-refractivity contribution in [1.82, 2.24) is 5.43 Å². The van der Waals surface area contributed by atoms with Crippen molar-refractivity contribution in [2.75, 3.05) is 6.26 Å². The molecular formula is C15H22N2S. The summed E-state index contributed by atoms with van der Waals surface area (Å²) in [6.07, 6.45) is 10.8. The summed E-state index contributed by atoms with van der Waals surface area (Å²) in [5.41, 5.74) is 5.77. The molecule has 1 aromatic rings. The molecule has 1 aliphatic rings. The van der Waals surface area contributed by atoms with Gasteiger partial charge in [-0.1, -0.05) is 36.3 Å². The SMILES string of the molecule is CSc1ccccc1C(NN)C1=CCCCCC1. The highest BCUT2D eigenvalue weighted by Gasteiger charge is 2.18. The predicted molar refractivity (Wildman–Crippen MR) is 79.5 cm³/mol. The monoisotopic (exact) mass is 262 g/mol. The van der Waals surface area contributed by atoms with Crippen LogP contribution in [0.15, 0.2) is 40.8 Å². The molecule has 0 aliphatic heterocycles. The quantitative estimate of drug-likeness (QED) is 0.375. The maximum atomic E-state index is 5.81. The Kier molecular flexibility index (Phi) is 5.29. The zero-order valence-corrected chi connectivity index (χ0v) is 11.8. The molecule has 0 aromatic heterocycles. The van der Waals surface area contributed by atoms with Crippen LogP contribution >= 0.6 is 11.8 Å². The lowest BCUT2D eigenvalue weighted by Gasteiger charge is -2.22. The van der Waals surface area contributed by atoms with Gasteiger partial charge in [-0.3, -0.25) is 5.84 Å². The molecule has 1 aromatic carbocycles. The lowest BCUT2D eigenvalue weighted by Crippen LogP contribution is -2.29. The maximum Gasteiger partial charge on any atom is 0.0680 e. The molecule has 1 unspecified atom stereocenters. The number of nitrogens with one attached hydrogen (secondary N) is 1. The third kappa shape index (κ3) is 3.16. The van der Waals surface area contributed by atoms with Gasteiger partial charge in [0.2, 0.25) is 0 Å². The Hall–Kier alpha value is -0.770. The first-order valence-corrected chi connectivity index (χ1v) is 7.87. The average Bonchev–Trinajstić information content (AvgIpc) is 2.69. The standard InChI is InChI=1S/C15H22N2S/c1-18-14-11-7-6-10-13(14)15(17-16)12-8-4-2-3-5-9-12/h6-8,10-11,15,17H,2-5,9,16H2,1H3. The number of nitrogens with two attached hydrogens (primary N) is 1. The van der Waals surface area contributed by atoms with E-state index < -0.39 is 0 Å². The fourth-order valence-electron chi connectivity index (χ4n) is 2.60. The molecule has 0 saturated heterocycles. The van der Waals surface area contributed by atoms with Crippen molar-refractivity contribution in [2.24, 2.45) is 5.84 Å². The number of hydrazine groups is 1. The van der Waals surface area contributed by atoms with Crippen molar-refractivity contribution in [2.45, 2.75) is 43.0 Å². The summed E-state index contributed by atoms with van der Waals surface area (Å²) in [5, 5.41) is 0. The van der Waals surface area contributed by atoms with Crippen molar-refractivity contribution >= 4 is 11.8 Å². The second-order valence-electron chi connectivity index (χ2n) is 4.72. The van der Waals surface area contributed by atoms with Crippen LogP contribution in [0.25, 0.3) is 0 Å². The van der Waals surface area contributed by atoms with Gasteiger partial charge < -0.3 is 0 Å². The Morgan fingerprint density at radius 3 is 2.83 bits per heavy atom. The van der Waals surface area contributed by atoms with Gasteiger partial charge in [0.05, 0.1) is 6.04 Å². The Morgan fingerprint density at radius 1 is 1.22 bits per heavy atom. The zero-order chi connectivity index (χ0) is 12.8. The molecule has 0 fully saturated rings. The summed E-state index contributed by atoms with van der Waals surface area (Å²) in [5.74, 6) is 5.81. The molecular weight excluding hydrogens is 240 g/mol. The molecule has 2 rings (SSSR count). The number of allylic oxidation sites excluding steroid dienone is 1. The Morgan fingerprint density at radius 2 is 2.06 bits per heavy atom. The number of hydrogen-bond acceptors (Lipinski definition) is 3. The molecule has 0 saturated carbocycles. The fourth-order valence-corrected chi connectivity index (χ4v) is 3.24. The smallest absolute Gasteiger partial charge is 0.0680 e. The first-order chi connectivity index (χ1) is 8.86. The van der Waals surface area contributed by atoms with Crippen molar-refractivity contribution in [3.05, 3.63) is 41.5 Å². The van der Waals surface area contributed by atoms with Gasteiger partial charge in [0.25, 0.3) is 0 Å². The molecule has 3 heteroatoms. The first-order valence-electron chi connectivity index (χ1n) is 6.64. The maximum absolute atomic E-state index is 5.81. The average molecular weight is 262 g/mol. The van der Waals surface area contributed by atoms with Gasteiger partial charge in [-0.15, -0.1) is 11.8 Å². The fraction of sp³-hybridized carbons (Fsp3) is 0.467. The molecule has 0 spiro atoms. The largest absolute Gasteiger partial charge is 0.271 e. The molecule has 3 N–H and O–H groups in total. The van der Waals surface area contributed by atoms with Crippen molar-refractivity contribution < 1.29 is 0 Å². The summed E-state index contributed by atoms with van der Waals surface area (Å²) >= 11 is 1.79. The van der Waals surface area contributed by atoms with E-state index in [2.05, 4.69) is 42.0 Å². The summed E-state index contributed by atoms with van der Waals surface area (Å²) in [7, 11) is 0. The highest BCUT2D eigenvalue weighted by Crippen LogP contribution is 2.33. The van der Waals surface area contributed by atoms with Crippen LogP contribution in [-0.2, 0) is 0 Å². The predicted octanol–water partition coefficient (Wildman–Crippen LogP) is 3.80. The van der Waals surface area contributed by atoms with Gasteiger partial charge >= 0.3 is 0 Å². The highest BCUT2D eigenvalue weighted by molar-refractivity contribution is 7.98. The van der Waals surface area contributed by atoms with Crippen molar-refractivity contribution in [3.63, 3.8) is 0 Å². The van der Waals surface area contributed by atoms with E-state index in [0.717, 1.165) is 6.42 Å². The molecule has 0 amide bonds. The van der Waals surface area contributed by atoms with Gasteiger partial charge in [0.15, 0.2) is 0 Å². The lowest BCUT2D eigenvalue weighted by atomic mass is 9.95. The van der Waals surface area contributed by atoms with E-state index >= 15 is 0 Å². The van der Waals surface area contributed by atoms with Crippen molar-refractivity contribution in [3.8, 4) is 0 Å². The van der Waals surface area contributed by atoms with Crippen molar-refractivity contribution in [1.29, 1.82) is 0 Å². The van der Waals surface area contributed by atoms with Gasteiger partial charge in [0, 0.05) is 4.90 Å². The zero-order valence-electron chi connectivity index (χ0n) is 11.0. The van der Waals surface area contributed by atoms with Gasteiger partial charge in [-0.25, -0.2) is 5.43 Å². The van der Waals surface area contributed by atoms with Crippen LogP contribution in [-0.4, -0.2) is 6.26 Å². The molecule has 0 radical (unpaired) electrons. The molecule has 18 heavy (non-hydrogen) atoms. The van der Waals surface area contributed by atoms with Crippen LogP contribution in [0.5, 0.6) is 0 Å². The van der Waals surface area contributed by atoms with Crippen LogP contribution in [0, 0.1) is 0 Å². The summed E-state index contributed by atoms with van der Waals surface area (Å²) in [4.78, 5) is 1.31. The van der Waals surface area contributed by atoms with E-state index in [4.69, 9.17) is 5.84 Å². The molecule has 1 atom stereocenters. The Balaban J connectivity index is 2.29. The van der Waals surface area contributed by atoms with E-state index in [1.165, 1.54) is 41.7 Å². The minimum absolute atomic E-state index is 0.173. The number of rotatable bonds is 4. The van der Waals surface area contributed by atoms with Gasteiger partial charge in [-0.2, -0.15) is 0 Å². The molecule has 1 aliphatic carbocycles. The van der Waals surface area contributed by atoms with Crippen LogP contribution in [0.3, 0.4) is 0 Å². The molecule has 2 nitrogen and oxygen atoms in total. The van der Waals surface area contributed by atoms with Crippen LogP contribution in [0.1, 0.15) is 43.7 Å². The van der Waals surface area contributed by atoms with Gasteiger partial charge in [0.1, 0.15) is 0 Å². The van der Waals surface area contributed by atoms with Crippen LogP contribution in [0.2, 0.25) is 0 Å². The summed E-state index contributed by atoms with van der Waals surface area (Å²) in [6.45, 7) is 0. The van der Waals surface area contributed by atoms with Crippen LogP contribution in [0.4, 0.5) is 0 Å². The second kappa shape index (κ2) is 6.98. The van der Waals surface area contributed by atoms with Crippen LogP contribution < -0.4 is 11.3 Å². The molecule has 0 bridgehead atoms. The minimum atomic E-state index is 0.173. The topological polar surface area (TPSA) is 38.0 Å². The number of hydrogen-bond donors (Lipinski definition) is 2. The Bertz CT molecular complexity index is 415. The van der Waals surface area contributed by atoms with E-state index in [0.29, 0.717) is 0 Å². The lowest BCUT2D eigenvalue weighted by molar-refractivity contribution is 0.586. The normalized spacial score (nSPS) is 18.0. The third-order valence-electron chi connectivity index (χ3n) is 3.56. The first kappa shape index (κ1) is 13.7. The highest BCUT2D eigenvalue weighted by atomic mass is 32.2. The number of thioether (sulfide) groups is 1. The Labute approximate surface area is 114 Å². The molecule has 98 valence electrons. The summed E-state index contributed by atoms with van der Waals surface area (Å²) < 4.78 is 0. The van der Waals surface area contributed by atoms with E-state index in [1.807, 2.05) is 0 Å².